The van der Waals surface area contributed by atoms with E-state index in [1.54, 1.807) is 6.07 Å². The Balaban J connectivity index is 1.67. The van der Waals surface area contributed by atoms with Crippen molar-refractivity contribution in [3.63, 3.8) is 0 Å². The van der Waals surface area contributed by atoms with Crippen molar-refractivity contribution in [3.8, 4) is 16.9 Å². The second-order valence-electron chi connectivity index (χ2n) is 9.27. The summed E-state index contributed by atoms with van der Waals surface area (Å²) in [7, 11) is 0. The molecule has 5 N–H and O–H groups in total. The highest BCUT2D eigenvalue weighted by molar-refractivity contribution is 5.87. The molecule has 0 amide bonds. The van der Waals surface area contributed by atoms with Gasteiger partial charge in [-0.25, -0.2) is 0 Å². The van der Waals surface area contributed by atoms with E-state index in [9.17, 15) is 5.11 Å². The molecule has 3 heteroatoms. The van der Waals surface area contributed by atoms with Gasteiger partial charge in [0.1, 0.15) is 5.75 Å². The van der Waals surface area contributed by atoms with Crippen LogP contribution in [-0.4, -0.2) is 5.11 Å². The molecule has 0 bridgehead atoms. The van der Waals surface area contributed by atoms with Crippen LogP contribution < -0.4 is 11.5 Å². The Hall–Kier alpha value is -4.50. The van der Waals surface area contributed by atoms with Gasteiger partial charge in [0.05, 0.1) is 5.41 Å². The smallest absolute Gasteiger partial charge is 0.115 e. The molecule has 0 radical (unpaired) electrons. The third-order valence-corrected chi connectivity index (χ3v) is 7.12. The Bertz CT molecular complexity index is 1480. The maximum Gasteiger partial charge on any atom is 0.115 e. The molecule has 0 aromatic heterocycles. The summed E-state index contributed by atoms with van der Waals surface area (Å²) in [4.78, 5) is 0. The molecule has 0 fully saturated rings. The number of hydrogen-bond acceptors (Lipinski definition) is 3. The molecule has 5 aromatic rings. The Kier molecular flexibility index (Phi) is 4.85. The summed E-state index contributed by atoms with van der Waals surface area (Å²) in [6, 6.07) is 39.1. The van der Waals surface area contributed by atoms with E-state index in [-0.39, 0.29) is 5.75 Å². The van der Waals surface area contributed by atoms with Crippen LogP contribution in [0.2, 0.25) is 0 Å². The first-order valence-electron chi connectivity index (χ1n) is 11.8. The summed E-state index contributed by atoms with van der Waals surface area (Å²) in [5.41, 5.74) is 22.3. The molecule has 0 saturated carbocycles. The van der Waals surface area contributed by atoms with Crippen molar-refractivity contribution in [1.29, 1.82) is 0 Å². The van der Waals surface area contributed by atoms with Crippen LogP contribution >= 0.6 is 0 Å². The fourth-order valence-electron chi connectivity index (χ4n) is 5.56. The van der Waals surface area contributed by atoms with E-state index in [1.807, 2.05) is 42.5 Å². The van der Waals surface area contributed by atoms with Gasteiger partial charge in [0.2, 0.25) is 0 Å². The lowest BCUT2D eigenvalue weighted by molar-refractivity contribution is 0.474. The topological polar surface area (TPSA) is 72.3 Å². The molecule has 1 aliphatic carbocycles. The fraction of sp³-hybridized carbons (Fsp3) is 0.0625. The number of fused-ring (bicyclic) bond motifs is 3. The summed E-state index contributed by atoms with van der Waals surface area (Å²) in [6.45, 7) is 0. The second-order valence-corrected chi connectivity index (χ2v) is 9.27. The van der Waals surface area contributed by atoms with Crippen LogP contribution in [0.25, 0.3) is 11.1 Å². The van der Waals surface area contributed by atoms with Crippen molar-refractivity contribution in [2.45, 2.75) is 11.8 Å². The van der Waals surface area contributed by atoms with Crippen LogP contribution in [0.15, 0.2) is 115 Å². The highest BCUT2D eigenvalue weighted by Gasteiger charge is 2.46. The Morgan fingerprint density at radius 1 is 0.543 bits per heavy atom. The number of hydrogen-bond donors (Lipinski definition) is 3. The van der Waals surface area contributed by atoms with E-state index in [0.29, 0.717) is 11.4 Å². The van der Waals surface area contributed by atoms with E-state index in [1.165, 1.54) is 22.3 Å². The number of phenolic OH excluding ortho intramolecular Hbond substituents is 1. The van der Waals surface area contributed by atoms with Crippen molar-refractivity contribution >= 4 is 11.4 Å². The first-order chi connectivity index (χ1) is 17.1. The zero-order valence-corrected chi connectivity index (χ0v) is 19.3. The molecule has 3 nitrogen and oxygen atoms in total. The van der Waals surface area contributed by atoms with Crippen LogP contribution in [0.3, 0.4) is 0 Å². The average molecular weight is 455 g/mol. The van der Waals surface area contributed by atoms with Gasteiger partial charge in [-0.3, -0.25) is 0 Å². The molecule has 35 heavy (non-hydrogen) atoms. The molecule has 0 spiro atoms. The minimum atomic E-state index is -0.614. The second kappa shape index (κ2) is 8.07. The minimum absolute atomic E-state index is 0.247. The van der Waals surface area contributed by atoms with Gasteiger partial charge in [0.25, 0.3) is 0 Å². The quantitative estimate of drug-likeness (QED) is 0.266. The number of nitrogen functional groups attached to an aromatic ring is 2. The predicted molar refractivity (Wildman–Crippen MR) is 143 cm³/mol. The standard InChI is InChI=1S/C32H26N2O/c33-25-11-7-23(8-12-25)32(24-9-13-26(34)14-10-24)30-19-22(18-21-4-2-1-3-5-21)6-16-28(30)29-17-15-27(35)20-31(29)32/h1-17,19-20,35H,18,33-34H2. The van der Waals surface area contributed by atoms with E-state index in [0.717, 1.165) is 28.7 Å². The summed E-state index contributed by atoms with van der Waals surface area (Å²) < 4.78 is 0. The number of nitrogens with two attached hydrogens (primary N) is 2. The largest absolute Gasteiger partial charge is 0.508 e. The number of phenols is 1. The molecular weight excluding hydrogens is 428 g/mol. The Morgan fingerprint density at radius 3 is 1.69 bits per heavy atom. The summed E-state index contributed by atoms with van der Waals surface area (Å²) >= 11 is 0. The van der Waals surface area contributed by atoms with Gasteiger partial charge in [-0.15, -0.1) is 0 Å². The van der Waals surface area contributed by atoms with Crippen LogP contribution in [0, 0.1) is 0 Å². The van der Waals surface area contributed by atoms with E-state index in [2.05, 4.69) is 66.7 Å². The summed E-state index contributed by atoms with van der Waals surface area (Å²) in [5.74, 6) is 0.247. The van der Waals surface area contributed by atoms with Gasteiger partial charge in [-0.2, -0.15) is 0 Å². The van der Waals surface area contributed by atoms with Gasteiger partial charge in [0, 0.05) is 11.4 Å². The van der Waals surface area contributed by atoms with Gasteiger partial charge >= 0.3 is 0 Å². The number of aromatic hydroxyl groups is 1. The van der Waals surface area contributed by atoms with Crippen LogP contribution in [0.4, 0.5) is 11.4 Å². The van der Waals surface area contributed by atoms with Crippen molar-refractivity contribution in [3.05, 3.63) is 149 Å². The molecule has 0 saturated heterocycles. The molecular formula is C32H26N2O. The summed E-state index contributed by atoms with van der Waals surface area (Å²) in [5, 5.41) is 10.6. The van der Waals surface area contributed by atoms with Gasteiger partial charge in [0.15, 0.2) is 0 Å². The van der Waals surface area contributed by atoms with Gasteiger partial charge in [-0.1, -0.05) is 78.9 Å². The van der Waals surface area contributed by atoms with Gasteiger partial charge in [-0.05, 0) is 87.3 Å². The molecule has 170 valence electrons. The highest BCUT2D eigenvalue weighted by Crippen LogP contribution is 2.57. The van der Waals surface area contributed by atoms with Gasteiger partial charge < -0.3 is 16.6 Å². The van der Waals surface area contributed by atoms with Crippen LogP contribution in [0.1, 0.15) is 33.4 Å². The third-order valence-electron chi connectivity index (χ3n) is 7.12. The third kappa shape index (κ3) is 3.36. The first kappa shape index (κ1) is 21.1. The van der Waals surface area contributed by atoms with Crippen molar-refractivity contribution in [2.24, 2.45) is 0 Å². The van der Waals surface area contributed by atoms with Crippen LogP contribution in [0.5, 0.6) is 5.75 Å². The lowest BCUT2D eigenvalue weighted by atomic mass is 9.67. The maximum atomic E-state index is 10.6. The summed E-state index contributed by atoms with van der Waals surface area (Å²) in [6.07, 6.45) is 0.843. The van der Waals surface area contributed by atoms with Crippen molar-refractivity contribution < 1.29 is 5.11 Å². The SMILES string of the molecule is Nc1ccc(C2(c3ccc(N)cc3)c3cc(O)ccc3-c3ccc(Cc4ccccc4)cc32)cc1. The molecule has 6 rings (SSSR count). The average Bonchev–Trinajstić information content (AvgIpc) is 3.15. The predicted octanol–water partition coefficient (Wildman–Crippen LogP) is 6.51. The first-order valence-corrected chi connectivity index (χ1v) is 11.8. The number of rotatable bonds is 4. The lowest BCUT2D eigenvalue weighted by Gasteiger charge is -2.34. The monoisotopic (exact) mass is 454 g/mol. The molecule has 0 unspecified atom stereocenters. The zero-order chi connectivity index (χ0) is 24.0. The Morgan fingerprint density at radius 2 is 1.09 bits per heavy atom. The number of benzene rings is 5. The molecule has 0 aliphatic heterocycles. The normalized spacial score (nSPS) is 13.3. The van der Waals surface area contributed by atoms with Crippen molar-refractivity contribution in [1.82, 2.24) is 0 Å². The molecule has 0 atom stereocenters. The number of anilines is 2. The van der Waals surface area contributed by atoms with E-state index >= 15 is 0 Å². The van der Waals surface area contributed by atoms with E-state index < -0.39 is 5.41 Å². The highest BCUT2D eigenvalue weighted by atomic mass is 16.3. The van der Waals surface area contributed by atoms with Crippen molar-refractivity contribution in [2.75, 3.05) is 11.5 Å². The Labute approximate surface area is 205 Å². The van der Waals surface area contributed by atoms with Crippen LogP contribution in [-0.2, 0) is 11.8 Å². The molecule has 5 aromatic carbocycles. The van der Waals surface area contributed by atoms with E-state index in [4.69, 9.17) is 11.5 Å². The fourth-order valence-corrected chi connectivity index (χ4v) is 5.56. The zero-order valence-electron chi connectivity index (χ0n) is 19.3. The molecule has 1 aliphatic rings. The molecule has 0 heterocycles. The maximum absolute atomic E-state index is 10.6. The lowest BCUT2D eigenvalue weighted by Crippen LogP contribution is -2.28. The minimum Gasteiger partial charge on any atom is -0.508 e.